The Morgan fingerprint density at radius 2 is 2.17 bits per heavy atom. The van der Waals surface area contributed by atoms with Gasteiger partial charge in [0.25, 0.3) is 5.56 Å². The summed E-state index contributed by atoms with van der Waals surface area (Å²) in [5, 5.41) is 4.42. The van der Waals surface area contributed by atoms with E-state index in [2.05, 4.69) is 17.2 Å². The number of benzene rings is 1. The molecule has 2 aromatic rings. The molecule has 18 heavy (non-hydrogen) atoms. The van der Waals surface area contributed by atoms with Gasteiger partial charge in [0.2, 0.25) is 0 Å². The number of thioether (sulfide) groups is 1. The zero-order chi connectivity index (χ0) is 12.5. The highest BCUT2D eigenvalue weighted by atomic mass is 32.2. The van der Waals surface area contributed by atoms with Crippen molar-refractivity contribution < 1.29 is 0 Å². The third kappa shape index (κ3) is 2.13. The summed E-state index contributed by atoms with van der Waals surface area (Å²) >= 11 is 1.81. The van der Waals surface area contributed by atoms with Crippen molar-refractivity contribution in [2.24, 2.45) is 0 Å². The number of nitrogen functional groups attached to an aromatic ring is 1. The molecule has 1 aliphatic rings. The summed E-state index contributed by atoms with van der Waals surface area (Å²) in [4.78, 5) is 13.0. The van der Waals surface area contributed by atoms with Crippen LogP contribution in [-0.2, 0) is 13.0 Å². The molecule has 1 aliphatic heterocycles. The summed E-state index contributed by atoms with van der Waals surface area (Å²) in [7, 11) is 0. The average molecular weight is 259 g/mol. The van der Waals surface area contributed by atoms with Crippen LogP contribution in [0.2, 0.25) is 0 Å². The van der Waals surface area contributed by atoms with Crippen molar-refractivity contribution in [2.45, 2.75) is 23.1 Å². The fourth-order valence-electron chi connectivity index (χ4n) is 2.14. The van der Waals surface area contributed by atoms with E-state index in [0.717, 1.165) is 6.42 Å². The Bertz CT molecular complexity index is 613. The van der Waals surface area contributed by atoms with Crippen LogP contribution in [0.4, 0.5) is 5.82 Å². The fraction of sp³-hybridized carbons (Fsp3) is 0.231. The topological polar surface area (TPSA) is 60.9 Å². The fourth-order valence-corrected chi connectivity index (χ4v) is 3.44. The Balaban J connectivity index is 1.80. The van der Waals surface area contributed by atoms with Crippen molar-refractivity contribution >= 4 is 17.6 Å². The number of anilines is 1. The van der Waals surface area contributed by atoms with Crippen molar-refractivity contribution in [1.29, 1.82) is 0 Å². The molecular formula is C13H13N3OS. The lowest BCUT2D eigenvalue weighted by Gasteiger charge is -2.10. The molecular weight excluding hydrogens is 246 g/mol. The van der Waals surface area contributed by atoms with Gasteiger partial charge >= 0.3 is 0 Å². The first-order valence-corrected chi connectivity index (χ1v) is 6.68. The van der Waals surface area contributed by atoms with E-state index in [1.807, 2.05) is 12.1 Å². The molecule has 5 heteroatoms. The first-order chi connectivity index (χ1) is 8.72. The van der Waals surface area contributed by atoms with E-state index in [1.54, 1.807) is 11.8 Å². The first kappa shape index (κ1) is 11.3. The number of rotatable bonds is 2. The molecule has 0 radical (unpaired) electrons. The summed E-state index contributed by atoms with van der Waals surface area (Å²) in [6.45, 7) is 0.600. The molecule has 0 fully saturated rings. The summed E-state index contributed by atoms with van der Waals surface area (Å²) < 4.78 is 1.46. The van der Waals surface area contributed by atoms with Crippen molar-refractivity contribution in [1.82, 2.24) is 9.78 Å². The Morgan fingerprint density at radius 3 is 3.00 bits per heavy atom. The number of nitrogens with two attached hydrogens (primary N) is 1. The van der Waals surface area contributed by atoms with E-state index in [0.29, 0.717) is 17.6 Å². The second-order valence-corrected chi connectivity index (χ2v) is 5.67. The van der Waals surface area contributed by atoms with Crippen LogP contribution in [-0.4, -0.2) is 15.0 Å². The van der Waals surface area contributed by atoms with Crippen molar-refractivity contribution in [3.05, 3.63) is 52.3 Å². The molecule has 92 valence electrons. The van der Waals surface area contributed by atoms with E-state index in [4.69, 9.17) is 5.73 Å². The molecule has 3 rings (SSSR count). The minimum absolute atomic E-state index is 0.0965. The molecule has 0 saturated carbocycles. The van der Waals surface area contributed by atoms with Crippen molar-refractivity contribution in [3.8, 4) is 0 Å². The lowest BCUT2D eigenvalue weighted by atomic mass is 10.1. The molecule has 4 nitrogen and oxygen atoms in total. The van der Waals surface area contributed by atoms with Crippen molar-refractivity contribution in [3.63, 3.8) is 0 Å². The van der Waals surface area contributed by atoms with Gasteiger partial charge in [-0.15, -0.1) is 11.8 Å². The van der Waals surface area contributed by atoms with Gasteiger partial charge in [0.05, 0.1) is 6.54 Å². The van der Waals surface area contributed by atoms with E-state index >= 15 is 0 Å². The van der Waals surface area contributed by atoms with Gasteiger partial charge in [0.1, 0.15) is 5.82 Å². The first-order valence-electron chi connectivity index (χ1n) is 5.80. The molecule has 1 unspecified atom stereocenters. The largest absolute Gasteiger partial charge is 0.382 e. The van der Waals surface area contributed by atoms with Crippen LogP contribution in [0.15, 0.2) is 46.1 Å². The summed E-state index contributed by atoms with van der Waals surface area (Å²) in [5.41, 5.74) is 6.86. The second kappa shape index (κ2) is 4.49. The zero-order valence-electron chi connectivity index (χ0n) is 9.74. The van der Waals surface area contributed by atoms with Gasteiger partial charge in [-0.05, 0) is 24.1 Å². The standard InChI is InChI=1S/C13H13N3OS/c14-12-5-6-13(17)16(15-12)8-10-7-9-3-1-2-4-11(9)18-10/h1-6,10H,7-8H2,(H2,14,15). The number of nitrogens with zero attached hydrogens (tertiary/aromatic N) is 2. The second-order valence-electron chi connectivity index (χ2n) is 4.33. The number of fused-ring (bicyclic) bond motifs is 1. The number of hydrogen-bond donors (Lipinski definition) is 1. The number of aromatic nitrogens is 2. The number of hydrogen-bond acceptors (Lipinski definition) is 4. The van der Waals surface area contributed by atoms with Gasteiger partial charge in [-0.1, -0.05) is 18.2 Å². The predicted octanol–water partition coefficient (Wildman–Crippen LogP) is 1.54. The smallest absolute Gasteiger partial charge is 0.266 e. The van der Waals surface area contributed by atoms with Crippen LogP contribution >= 0.6 is 11.8 Å². The van der Waals surface area contributed by atoms with E-state index in [9.17, 15) is 4.79 Å². The van der Waals surface area contributed by atoms with Crippen LogP contribution in [0.5, 0.6) is 0 Å². The SMILES string of the molecule is Nc1ccc(=O)n(CC2Cc3ccccc3S2)n1. The molecule has 0 spiro atoms. The van der Waals surface area contributed by atoms with Crippen LogP contribution in [0.25, 0.3) is 0 Å². The molecule has 1 aromatic heterocycles. The molecule has 0 aliphatic carbocycles. The normalized spacial score (nSPS) is 17.7. The Morgan fingerprint density at radius 1 is 1.33 bits per heavy atom. The highest BCUT2D eigenvalue weighted by molar-refractivity contribution is 8.00. The zero-order valence-corrected chi connectivity index (χ0v) is 10.6. The summed E-state index contributed by atoms with van der Waals surface area (Å²) in [6.07, 6.45) is 0.976. The minimum Gasteiger partial charge on any atom is -0.382 e. The predicted molar refractivity (Wildman–Crippen MR) is 72.7 cm³/mol. The quantitative estimate of drug-likeness (QED) is 0.888. The Kier molecular flexibility index (Phi) is 2.83. The van der Waals surface area contributed by atoms with E-state index in [1.165, 1.54) is 27.3 Å². The third-order valence-corrected chi connectivity index (χ3v) is 4.28. The van der Waals surface area contributed by atoms with Crippen LogP contribution in [0.3, 0.4) is 0 Å². The van der Waals surface area contributed by atoms with Crippen LogP contribution in [0, 0.1) is 0 Å². The van der Waals surface area contributed by atoms with Gasteiger partial charge in [-0.2, -0.15) is 5.10 Å². The van der Waals surface area contributed by atoms with Gasteiger partial charge in [0, 0.05) is 16.2 Å². The van der Waals surface area contributed by atoms with E-state index in [-0.39, 0.29) is 5.56 Å². The van der Waals surface area contributed by atoms with Gasteiger partial charge in [-0.3, -0.25) is 4.79 Å². The molecule has 2 N–H and O–H groups in total. The lowest BCUT2D eigenvalue weighted by molar-refractivity contribution is 0.566. The lowest BCUT2D eigenvalue weighted by Crippen LogP contribution is -2.27. The van der Waals surface area contributed by atoms with Gasteiger partial charge in [0.15, 0.2) is 0 Å². The van der Waals surface area contributed by atoms with E-state index < -0.39 is 0 Å². The molecule has 0 saturated heterocycles. The van der Waals surface area contributed by atoms with Crippen LogP contribution < -0.4 is 11.3 Å². The average Bonchev–Trinajstić information content (AvgIpc) is 2.76. The molecule has 0 bridgehead atoms. The summed E-state index contributed by atoms with van der Waals surface area (Å²) in [5.74, 6) is 0.384. The minimum atomic E-state index is -0.0965. The summed E-state index contributed by atoms with van der Waals surface area (Å²) in [6, 6.07) is 11.4. The molecule has 0 amide bonds. The molecule has 1 atom stereocenters. The highest BCUT2D eigenvalue weighted by Crippen LogP contribution is 2.37. The highest BCUT2D eigenvalue weighted by Gasteiger charge is 2.22. The Labute approximate surface area is 109 Å². The molecule has 2 heterocycles. The molecule has 1 aromatic carbocycles. The maximum atomic E-state index is 11.7. The maximum absolute atomic E-state index is 11.7. The van der Waals surface area contributed by atoms with Gasteiger partial charge in [-0.25, -0.2) is 4.68 Å². The monoisotopic (exact) mass is 259 g/mol. The third-order valence-electron chi connectivity index (χ3n) is 2.98. The van der Waals surface area contributed by atoms with Crippen LogP contribution in [0.1, 0.15) is 5.56 Å². The Hall–Kier alpha value is -1.75. The van der Waals surface area contributed by atoms with Gasteiger partial charge < -0.3 is 5.73 Å². The maximum Gasteiger partial charge on any atom is 0.266 e. The van der Waals surface area contributed by atoms with Crippen molar-refractivity contribution in [2.75, 3.05) is 5.73 Å².